The van der Waals surface area contributed by atoms with Gasteiger partial charge in [0.05, 0.1) is 6.61 Å². The second kappa shape index (κ2) is 8.51. The highest BCUT2D eigenvalue weighted by atomic mass is 16.5. The van der Waals surface area contributed by atoms with E-state index in [1.165, 1.54) is 25.3 Å². The monoisotopic (exact) mass is 212 g/mol. The van der Waals surface area contributed by atoms with Gasteiger partial charge in [0.2, 0.25) is 0 Å². The lowest BCUT2D eigenvalue weighted by atomic mass is 9.98. The van der Waals surface area contributed by atoms with Crippen LogP contribution in [-0.2, 0) is 9.53 Å². The summed E-state index contributed by atoms with van der Waals surface area (Å²) in [5.74, 6) is 1.11. The van der Waals surface area contributed by atoms with Gasteiger partial charge in [-0.05, 0) is 18.3 Å². The fourth-order valence-electron chi connectivity index (χ4n) is 1.44. The molecular formula is C13H24O2. The largest absolute Gasteiger partial charge is 0.463 e. The molecule has 2 nitrogen and oxygen atoms in total. The molecule has 0 aliphatic carbocycles. The van der Waals surface area contributed by atoms with Crippen LogP contribution in [0, 0.1) is 11.8 Å². The van der Waals surface area contributed by atoms with Gasteiger partial charge < -0.3 is 4.74 Å². The Hall–Kier alpha value is -0.790. The maximum Gasteiger partial charge on any atom is 0.330 e. The molecule has 0 aromatic carbocycles. The van der Waals surface area contributed by atoms with Gasteiger partial charge >= 0.3 is 5.97 Å². The van der Waals surface area contributed by atoms with Crippen molar-refractivity contribution in [3.63, 3.8) is 0 Å². The van der Waals surface area contributed by atoms with Crippen LogP contribution in [0.25, 0.3) is 0 Å². The molecule has 2 heteroatoms. The van der Waals surface area contributed by atoms with Gasteiger partial charge in [0.1, 0.15) is 0 Å². The summed E-state index contributed by atoms with van der Waals surface area (Å²) in [6.45, 7) is 10.6. The van der Waals surface area contributed by atoms with Crippen molar-refractivity contribution in [3.05, 3.63) is 12.7 Å². The molecule has 0 aromatic heterocycles. The second-order valence-electron chi connectivity index (χ2n) is 4.59. The minimum Gasteiger partial charge on any atom is -0.463 e. The van der Waals surface area contributed by atoms with E-state index in [2.05, 4.69) is 27.4 Å². The molecule has 0 saturated carbocycles. The lowest BCUT2D eigenvalue weighted by molar-refractivity contribution is -0.138. The van der Waals surface area contributed by atoms with Crippen molar-refractivity contribution in [2.75, 3.05) is 6.61 Å². The molecular weight excluding hydrogens is 188 g/mol. The standard InChI is InChI=1S/C13H24O2/c1-5-13(14)15-10-9-12(4)8-6-7-11(2)3/h5,11-12H,1,6-10H2,2-4H3. The first kappa shape index (κ1) is 14.2. The predicted octanol–water partition coefficient (Wildman–Crippen LogP) is 3.57. The number of ether oxygens (including phenoxy) is 1. The Morgan fingerprint density at radius 1 is 1.27 bits per heavy atom. The minimum atomic E-state index is -0.315. The summed E-state index contributed by atoms with van der Waals surface area (Å²) < 4.78 is 4.93. The zero-order chi connectivity index (χ0) is 11.7. The summed E-state index contributed by atoms with van der Waals surface area (Å²) in [5, 5.41) is 0. The van der Waals surface area contributed by atoms with Crippen molar-refractivity contribution < 1.29 is 9.53 Å². The van der Waals surface area contributed by atoms with E-state index in [1.54, 1.807) is 0 Å². The highest BCUT2D eigenvalue weighted by molar-refractivity contribution is 5.81. The molecule has 1 unspecified atom stereocenters. The van der Waals surface area contributed by atoms with Crippen LogP contribution in [0.1, 0.15) is 46.5 Å². The maximum atomic E-state index is 10.8. The maximum absolute atomic E-state index is 10.8. The zero-order valence-corrected chi connectivity index (χ0v) is 10.3. The van der Waals surface area contributed by atoms with E-state index >= 15 is 0 Å². The Kier molecular flexibility index (Phi) is 8.06. The minimum absolute atomic E-state index is 0.315. The number of hydrogen-bond acceptors (Lipinski definition) is 2. The smallest absolute Gasteiger partial charge is 0.330 e. The molecule has 0 aliphatic heterocycles. The van der Waals surface area contributed by atoms with Crippen LogP contribution in [0.5, 0.6) is 0 Å². The van der Waals surface area contributed by atoms with Crippen molar-refractivity contribution in [2.45, 2.75) is 46.5 Å². The van der Waals surface area contributed by atoms with Gasteiger partial charge in [-0.3, -0.25) is 0 Å². The molecule has 0 aromatic rings. The lowest BCUT2D eigenvalue weighted by Gasteiger charge is -2.11. The summed E-state index contributed by atoms with van der Waals surface area (Å²) >= 11 is 0. The molecule has 0 N–H and O–H groups in total. The zero-order valence-electron chi connectivity index (χ0n) is 10.3. The van der Waals surface area contributed by atoms with Gasteiger partial charge in [-0.25, -0.2) is 4.79 Å². The van der Waals surface area contributed by atoms with Crippen LogP contribution in [-0.4, -0.2) is 12.6 Å². The van der Waals surface area contributed by atoms with E-state index in [-0.39, 0.29) is 5.97 Å². The van der Waals surface area contributed by atoms with Crippen molar-refractivity contribution in [3.8, 4) is 0 Å². The number of hydrogen-bond donors (Lipinski definition) is 0. The van der Waals surface area contributed by atoms with Crippen molar-refractivity contribution in [2.24, 2.45) is 11.8 Å². The molecule has 0 amide bonds. The van der Waals surface area contributed by atoms with Crippen LogP contribution in [0.15, 0.2) is 12.7 Å². The van der Waals surface area contributed by atoms with Gasteiger partial charge in [0, 0.05) is 6.08 Å². The summed E-state index contributed by atoms with van der Waals surface area (Å²) in [4.78, 5) is 10.8. The van der Waals surface area contributed by atoms with Gasteiger partial charge in [0.15, 0.2) is 0 Å². The Balaban J connectivity index is 3.36. The van der Waals surface area contributed by atoms with E-state index in [4.69, 9.17) is 4.74 Å². The van der Waals surface area contributed by atoms with E-state index in [0.717, 1.165) is 12.3 Å². The van der Waals surface area contributed by atoms with E-state index in [9.17, 15) is 4.79 Å². The normalized spacial score (nSPS) is 12.5. The quantitative estimate of drug-likeness (QED) is 0.454. The van der Waals surface area contributed by atoms with Crippen molar-refractivity contribution in [1.82, 2.24) is 0 Å². The van der Waals surface area contributed by atoms with Crippen LogP contribution >= 0.6 is 0 Å². The summed E-state index contributed by atoms with van der Waals surface area (Å²) in [7, 11) is 0. The highest BCUT2D eigenvalue weighted by Gasteiger charge is 2.04. The first-order valence-electron chi connectivity index (χ1n) is 5.85. The van der Waals surface area contributed by atoms with Gasteiger partial charge in [-0.1, -0.05) is 46.6 Å². The summed E-state index contributed by atoms with van der Waals surface area (Å²) in [5.41, 5.74) is 0. The SMILES string of the molecule is C=CC(=O)OCCC(C)CCCC(C)C. The molecule has 0 spiro atoms. The van der Waals surface area contributed by atoms with Gasteiger partial charge in [-0.15, -0.1) is 0 Å². The van der Waals surface area contributed by atoms with Gasteiger partial charge in [-0.2, -0.15) is 0 Å². The number of carbonyl (C=O) groups excluding carboxylic acids is 1. The summed E-state index contributed by atoms with van der Waals surface area (Å²) in [6, 6.07) is 0. The fourth-order valence-corrected chi connectivity index (χ4v) is 1.44. The lowest BCUT2D eigenvalue weighted by Crippen LogP contribution is -2.06. The molecule has 1 atom stereocenters. The highest BCUT2D eigenvalue weighted by Crippen LogP contribution is 2.14. The van der Waals surface area contributed by atoms with E-state index in [1.807, 2.05) is 0 Å². The molecule has 0 radical (unpaired) electrons. The van der Waals surface area contributed by atoms with E-state index < -0.39 is 0 Å². The third-order valence-electron chi connectivity index (χ3n) is 2.50. The van der Waals surface area contributed by atoms with Crippen molar-refractivity contribution in [1.29, 1.82) is 0 Å². The molecule has 88 valence electrons. The number of esters is 1. The molecule has 0 saturated heterocycles. The molecule has 15 heavy (non-hydrogen) atoms. The average molecular weight is 212 g/mol. The third kappa shape index (κ3) is 9.51. The van der Waals surface area contributed by atoms with Crippen LogP contribution in [0.2, 0.25) is 0 Å². The average Bonchev–Trinajstić information content (AvgIpc) is 2.17. The Morgan fingerprint density at radius 3 is 2.47 bits per heavy atom. The number of rotatable bonds is 8. The molecule has 0 fully saturated rings. The molecule has 0 bridgehead atoms. The number of carbonyl (C=O) groups is 1. The molecule has 0 aliphatic rings. The van der Waals surface area contributed by atoms with Crippen LogP contribution in [0.4, 0.5) is 0 Å². The Labute approximate surface area is 93.7 Å². The van der Waals surface area contributed by atoms with Crippen molar-refractivity contribution >= 4 is 5.97 Å². The summed E-state index contributed by atoms with van der Waals surface area (Å²) in [6.07, 6.45) is 5.95. The topological polar surface area (TPSA) is 26.3 Å². The van der Waals surface area contributed by atoms with E-state index in [0.29, 0.717) is 12.5 Å². The fraction of sp³-hybridized carbons (Fsp3) is 0.769. The Bertz CT molecular complexity index is 185. The third-order valence-corrected chi connectivity index (χ3v) is 2.50. The van der Waals surface area contributed by atoms with Gasteiger partial charge in [0.25, 0.3) is 0 Å². The van der Waals surface area contributed by atoms with Crippen LogP contribution < -0.4 is 0 Å². The second-order valence-corrected chi connectivity index (χ2v) is 4.59. The molecule has 0 heterocycles. The first-order chi connectivity index (χ1) is 7.06. The Morgan fingerprint density at radius 2 is 1.93 bits per heavy atom. The van der Waals surface area contributed by atoms with Crippen LogP contribution in [0.3, 0.4) is 0 Å². The first-order valence-corrected chi connectivity index (χ1v) is 5.85. The molecule has 0 rings (SSSR count). The predicted molar refractivity (Wildman–Crippen MR) is 63.6 cm³/mol.